The molecule has 0 saturated carbocycles. The fourth-order valence-electron chi connectivity index (χ4n) is 3.77. The second-order valence-corrected chi connectivity index (χ2v) is 9.33. The Kier molecular flexibility index (Phi) is 7.05. The molecule has 0 fully saturated rings. The van der Waals surface area contributed by atoms with E-state index in [-0.39, 0.29) is 42.7 Å². The van der Waals surface area contributed by atoms with Gasteiger partial charge in [0.25, 0.3) is 0 Å². The lowest BCUT2D eigenvalue weighted by molar-refractivity contribution is -0.118. The molecule has 8 heteroatoms. The van der Waals surface area contributed by atoms with E-state index in [9.17, 15) is 14.7 Å². The van der Waals surface area contributed by atoms with Crippen LogP contribution < -0.4 is 10.5 Å². The normalized spacial score (nSPS) is 13.2. The van der Waals surface area contributed by atoms with Gasteiger partial charge in [0.15, 0.2) is 17.3 Å². The number of benzene rings is 1. The molecule has 0 radical (unpaired) electrons. The summed E-state index contributed by atoms with van der Waals surface area (Å²) in [6.07, 6.45) is 1.37. The third-order valence-corrected chi connectivity index (χ3v) is 5.66. The number of aromatic nitrogens is 1. The molecular formula is C25H32N4O4. The lowest BCUT2D eigenvalue weighted by atomic mass is 9.84. The third kappa shape index (κ3) is 5.50. The Hall–Kier alpha value is -3.42. The van der Waals surface area contributed by atoms with Gasteiger partial charge in [0.2, 0.25) is 5.91 Å². The third-order valence-electron chi connectivity index (χ3n) is 5.66. The van der Waals surface area contributed by atoms with Crippen LogP contribution in [0.4, 0.5) is 0 Å². The van der Waals surface area contributed by atoms with Crippen molar-refractivity contribution in [3.63, 3.8) is 0 Å². The summed E-state index contributed by atoms with van der Waals surface area (Å²) in [5.41, 5.74) is 8.20. The van der Waals surface area contributed by atoms with E-state index in [0.29, 0.717) is 29.8 Å². The van der Waals surface area contributed by atoms with E-state index in [1.807, 2.05) is 39.8 Å². The van der Waals surface area contributed by atoms with Crippen LogP contribution in [0, 0.1) is 5.41 Å². The molecule has 0 saturated heterocycles. The summed E-state index contributed by atoms with van der Waals surface area (Å²) in [5.74, 6) is -0.182. The molecule has 1 aromatic heterocycles. The molecule has 2 heterocycles. The number of amidine groups is 1. The largest absolute Gasteiger partial charge is 0.504 e. The zero-order valence-electron chi connectivity index (χ0n) is 19.7. The molecule has 0 bridgehead atoms. The molecule has 0 spiro atoms. The monoisotopic (exact) mass is 452 g/mol. The first-order chi connectivity index (χ1) is 15.5. The lowest BCUT2D eigenvalue weighted by Crippen LogP contribution is -2.30. The predicted molar refractivity (Wildman–Crippen MR) is 126 cm³/mol. The van der Waals surface area contributed by atoms with E-state index in [0.717, 1.165) is 17.7 Å². The number of ketones is 1. The van der Waals surface area contributed by atoms with Crippen molar-refractivity contribution in [3.05, 3.63) is 52.3 Å². The van der Waals surface area contributed by atoms with Gasteiger partial charge in [-0.2, -0.15) is 0 Å². The van der Waals surface area contributed by atoms with Crippen molar-refractivity contribution in [2.45, 2.75) is 58.9 Å². The number of carbonyl (C=O) groups is 2. The molecule has 1 aliphatic rings. The van der Waals surface area contributed by atoms with Crippen molar-refractivity contribution in [1.29, 1.82) is 5.41 Å². The Labute approximate surface area is 194 Å². The van der Waals surface area contributed by atoms with Crippen LogP contribution in [0.5, 0.6) is 11.5 Å². The molecule has 0 unspecified atom stereocenters. The molecule has 4 N–H and O–H groups in total. The van der Waals surface area contributed by atoms with E-state index in [1.54, 1.807) is 11.0 Å². The molecule has 0 aliphatic carbocycles. The van der Waals surface area contributed by atoms with Gasteiger partial charge in [-0.15, -0.1) is 0 Å². The van der Waals surface area contributed by atoms with Gasteiger partial charge in [0.1, 0.15) is 11.5 Å². The minimum atomic E-state index is -0.428. The number of fused-ring (bicyclic) bond motifs is 1. The quantitative estimate of drug-likeness (QED) is 0.395. The van der Waals surface area contributed by atoms with Gasteiger partial charge in [-0.25, -0.2) is 4.98 Å². The number of carbonyl (C=O) groups excluding carboxylic acids is 2. The topological polar surface area (TPSA) is 130 Å². The molecule has 1 aliphatic heterocycles. The highest BCUT2D eigenvalue weighted by molar-refractivity contribution is 6.04. The standard InChI is InChI=1S/C25H32N4O4/c1-5-17-9-8-15-13-29(24(27)22(15)28-17)14-19(30)16-11-18(25(2,3)4)23(32)20(12-16)33-10-6-7-21(26)31/h8-9,11-12,27,32H,5-7,10,13-14H2,1-4H3,(H2,26,31). The highest BCUT2D eigenvalue weighted by Gasteiger charge is 2.29. The van der Waals surface area contributed by atoms with Gasteiger partial charge in [-0.3, -0.25) is 15.0 Å². The predicted octanol–water partition coefficient (Wildman–Crippen LogP) is 3.32. The van der Waals surface area contributed by atoms with Gasteiger partial charge in [-0.1, -0.05) is 33.8 Å². The Morgan fingerprint density at radius 2 is 2.00 bits per heavy atom. The summed E-state index contributed by atoms with van der Waals surface area (Å²) in [5, 5.41) is 19.2. The van der Waals surface area contributed by atoms with Crippen molar-refractivity contribution >= 4 is 17.5 Å². The number of hydrogen-bond acceptors (Lipinski definition) is 6. The number of pyridine rings is 1. The number of aromatic hydroxyl groups is 1. The lowest BCUT2D eigenvalue weighted by Gasteiger charge is -2.24. The highest BCUT2D eigenvalue weighted by atomic mass is 16.5. The van der Waals surface area contributed by atoms with Gasteiger partial charge >= 0.3 is 0 Å². The van der Waals surface area contributed by atoms with E-state index in [2.05, 4.69) is 4.98 Å². The maximum atomic E-state index is 13.2. The first kappa shape index (κ1) is 24.2. The molecule has 1 amide bonds. The summed E-state index contributed by atoms with van der Waals surface area (Å²) in [4.78, 5) is 30.4. The van der Waals surface area contributed by atoms with E-state index < -0.39 is 11.3 Å². The fourth-order valence-corrected chi connectivity index (χ4v) is 3.77. The van der Waals surface area contributed by atoms with Crippen molar-refractivity contribution in [2.24, 2.45) is 5.73 Å². The van der Waals surface area contributed by atoms with Gasteiger partial charge < -0.3 is 20.5 Å². The zero-order chi connectivity index (χ0) is 24.3. The summed E-state index contributed by atoms with van der Waals surface area (Å²) in [7, 11) is 0. The number of nitrogens with zero attached hydrogens (tertiary/aromatic N) is 2. The van der Waals surface area contributed by atoms with Crippen molar-refractivity contribution in [3.8, 4) is 11.5 Å². The second-order valence-electron chi connectivity index (χ2n) is 9.33. The summed E-state index contributed by atoms with van der Waals surface area (Å²) in [6, 6.07) is 7.14. The fraction of sp³-hybridized carbons (Fsp3) is 0.440. The smallest absolute Gasteiger partial charge is 0.217 e. The molecule has 1 aromatic carbocycles. The maximum Gasteiger partial charge on any atom is 0.217 e. The molecule has 0 atom stereocenters. The number of Topliss-reactive ketones (excluding diaryl/α,β-unsaturated/α-hetero) is 1. The van der Waals surface area contributed by atoms with Crippen LogP contribution >= 0.6 is 0 Å². The first-order valence-corrected chi connectivity index (χ1v) is 11.2. The van der Waals surface area contributed by atoms with Crippen molar-refractivity contribution < 1.29 is 19.4 Å². The van der Waals surface area contributed by atoms with E-state index in [4.69, 9.17) is 15.9 Å². The minimum absolute atomic E-state index is 0.0178. The van der Waals surface area contributed by atoms with Crippen LogP contribution in [0.2, 0.25) is 0 Å². The maximum absolute atomic E-state index is 13.2. The van der Waals surface area contributed by atoms with Crippen LogP contribution in [-0.4, -0.2) is 45.7 Å². The Balaban J connectivity index is 1.82. The number of amides is 1. The number of nitrogens with one attached hydrogen (secondary N) is 1. The number of ether oxygens (including phenoxy) is 1. The number of aryl methyl sites for hydroxylation is 1. The second kappa shape index (κ2) is 9.60. The number of hydrogen-bond donors (Lipinski definition) is 3. The number of phenols is 1. The Morgan fingerprint density at radius 3 is 2.64 bits per heavy atom. The molecule has 8 nitrogen and oxygen atoms in total. The number of nitrogens with two attached hydrogens (primary N) is 1. The SMILES string of the molecule is CCc1ccc2c(n1)C(=N)N(CC(=O)c1cc(OCCCC(N)=O)c(O)c(C(C)(C)C)c1)C2. The number of rotatable bonds is 9. The first-order valence-electron chi connectivity index (χ1n) is 11.2. The summed E-state index contributed by atoms with van der Waals surface area (Å²) in [6.45, 7) is 8.50. The van der Waals surface area contributed by atoms with Gasteiger partial charge in [0.05, 0.1) is 13.2 Å². The number of primary amides is 1. The Bertz CT molecular complexity index is 1090. The van der Waals surface area contributed by atoms with Crippen LogP contribution in [0.15, 0.2) is 24.3 Å². The molecule has 33 heavy (non-hydrogen) atoms. The van der Waals surface area contributed by atoms with Crippen LogP contribution in [0.1, 0.15) is 73.4 Å². The highest BCUT2D eigenvalue weighted by Crippen LogP contribution is 2.39. The van der Waals surface area contributed by atoms with Crippen molar-refractivity contribution in [2.75, 3.05) is 13.2 Å². The van der Waals surface area contributed by atoms with Crippen LogP contribution in [0.25, 0.3) is 0 Å². The van der Waals surface area contributed by atoms with Gasteiger partial charge in [-0.05, 0) is 36.5 Å². The zero-order valence-corrected chi connectivity index (χ0v) is 19.7. The summed E-state index contributed by atoms with van der Waals surface area (Å²) < 4.78 is 5.71. The molecule has 3 rings (SSSR count). The minimum Gasteiger partial charge on any atom is -0.504 e. The summed E-state index contributed by atoms with van der Waals surface area (Å²) >= 11 is 0. The van der Waals surface area contributed by atoms with E-state index in [1.165, 1.54) is 6.07 Å². The average molecular weight is 453 g/mol. The van der Waals surface area contributed by atoms with E-state index >= 15 is 0 Å². The van der Waals surface area contributed by atoms with Crippen LogP contribution in [-0.2, 0) is 23.2 Å². The molecular weight excluding hydrogens is 420 g/mol. The average Bonchev–Trinajstić information content (AvgIpc) is 3.05. The van der Waals surface area contributed by atoms with Crippen molar-refractivity contribution in [1.82, 2.24) is 9.88 Å². The van der Waals surface area contributed by atoms with Crippen LogP contribution in [0.3, 0.4) is 0 Å². The van der Waals surface area contributed by atoms with Gasteiger partial charge in [0, 0.05) is 35.3 Å². The molecule has 176 valence electrons. The Morgan fingerprint density at radius 1 is 1.27 bits per heavy atom. The number of phenolic OH excluding ortho intramolecular Hbond substituents is 1. The molecule has 2 aromatic rings.